The van der Waals surface area contributed by atoms with Crippen molar-refractivity contribution < 1.29 is 9.16 Å². The summed E-state index contributed by atoms with van der Waals surface area (Å²) in [7, 11) is 0.0974. The molecular weight excluding hydrogens is 228 g/mol. The summed E-state index contributed by atoms with van der Waals surface area (Å²) in [5.41, 5.74) is 1.34. The molecule has 0 bridgehead atoms. The number of hydrogen-bond acceptors (Lipinski definition) is 2. The molecule has 0 radical (unpaired) electrons. The molecule has 0 fully saturated rings. The van der Waals surface area contributed by atoms with Crippen molar-refractivity contribution >= 4 is 8.32 Å². The maximum atomic E-state index is 5.80. The first-order valence-electron chi connectivity index (χ1n) is 5.98. The molecule has 2 nitrogen and oxygen atoms in total. The molecule has 0 saturated heterocycles. The van der Waals surface area contributed by atoms with Crippen molar-refractivity contribution in [3.8, 4) is 0 Å². The van der Waals surface area contributed by atoms with Crippen LogP contribution in [0.3, 0.4) is 0 Å². The predicted octanol–water partition coefficient (Wildman–Crippen LogP) is 3.96. The summed E-state index contributed by atoms with van der Waals surface area (Å²) in [5, 5.41) is 0. The molecule has 3 heteroatoms. The summed E-state index contributed by atoms with van der Waals surface area (Å²) < 4.78 is 11.0. The Balaban J connectivity index is 2.46. The summed E-state index contributed by atoms with van der Waals surface area (Å²) in [6.45, 7) is 6.45. The van der Waals surface area contributed by atoms with Crippen molar-refractivity contribution in [2.24, 2.45) is 0 Å². The van der Waals surface area contributed by atoms with Gasteiger partial charge in [0.1, 0.15) is 0 Å². The lowest BCUT2D eigenvalue weighted by Crippen LogP contribution is -2.25. The van der Waals surface area contributed by atoms with Crippen LogP contribution in [0.25, 0.3) is 0 Å². The van der Waals surface area contributed by atoms with Crippen LogP contribution in [0.4, 0.5) is 0 Å². The van der Waals surface area contributed by atoms with Crippen LogP contribution in [0.2, 0.25) is 19.6 Å². The van der Waals surface area contributed by atoms with Gasteiger partial charge < -0.3 is 9.16 Å². The third kappa shape index (κ3) is 6.17. The van der Waals surface area contributed by atoms with Gasteiger partial charge in [0.25, 0.3) is 5.95 Å². The van der Waals surface area contributed by atoms with E-state index in [1.807, 2.05) is 12.1 Å². The van der Waals surface area contributed by atoms with E-state index in [9.17, 15) is 0 Å². The maximum absolute atomic E-state index is 5.80. The molecule has 0 aromatic heterocycles. The highest BCUT2D eigenvalue weighted by Crippen LogP contribution is 2.12. The molecule has 0 amide bonds. The van der Waals surface area contributed by atoms with Gasteiger partial charge in [-0.3, -0.25) is 0 Å². The van der Waals surface area contributed by atoms with E-state index in [0.717, 1.165) is 12.8 Å². The van der Waals surface area contributed by atoms with Crippen molar-refractivity contribution in [2.75, 3.05) is 7.11 Å². The summed E-state index contributed by atoms with van der Waals surface area (Å²) >= 11 is 0. The van der Waals surface area contributed by atoms with E-state index in [1.54, 1.807) is 7.11 Å². The third-order valence-electron chi connectivity index (χ3n) is 2.19. The van der Waals surface area contributed by atoms with Crippen LogP contribution in [-0.4, -0.2) is 15.4 Å². The molecule has 0 unspecified atom stereocenters. The molecule has 1 rings (SSSR count). The Labute approximate surface area is 105 Å². The van der Waals surface area contributed by atoms with E-state index in [0.29, 0.717) is 5.95 Å². The fraction of sp³-hybridized carbons (Fsp3) is 0.429. The highest BCUT2D eigenvalue weighted by atomic mass is 28.4. The SMILES string of the molecule is CO/C(=C/CCc1ccccc1)O[Si](C)(C)C. The Morgan fingerprint density at radius 2 is 1.82 bits per heavy atom. The Kier molecular flexibility index (Phi) is 5.29. The molecule has 0 saturated carbocycles. The van der Waals surface area contributed by atoms with Crippen molar-refractivity contribution in [1.82, 2.24) is 0 Å². The zero-order valence-corrected chi connectivity index (χ0v) is 12.2. The largest absolute Gasteiger partial charge is 0.520 e. The highest BCUT2D eigenvalue weighted by molar-refractivity contribution is 6.69. The average Bonchev–Trinajstić information content (AvgIpc) is 2.27. The van der Waals surface area contributed by atoms with Gasteiger partial charge in [0.15, 0.2) is 0 Å². The Hall–Kier alpha value is -1.22. The summed E-state index contributed by atoms with van der Waals surface area (Å²) in [6, 6.07) is 10.4. The second-order valence-electron chi connectivity index (χ2n) is 4.97. The van der Waals surface area contributed by atoms with Crippen LogP contribution in [0.5, 0.6) is 0 Å². The fourth-order valence-corrected chi connectivity index (χ4v) is 2.24. The second kappa shape index (κ2) is 6.50. The number of ether oxygens (including phenoxy) is 1. The smallest absolute Gasteiger partial charge is 0.260 e. The van der Waals surface area contributed by atoms with Gasteiger partial charge >= 0.3 is 0 Å². The number of benzene rings is 1. The first kappa shape index (κ1) is 13.8. The molecule has 0 aliphatic heterocycles. The molecule has 0 atom stereocenters. The number of aryl methyl sites for hydroxylation is 1. The van der Waals surface area contributed by atoms with E-state index in [-0.39, 0.29) is 0 Å². The molecule has 0 aliphatic carbocycles. The van der Waals surface area contributed by atoms with Crippen LogP contribution in [0, 0.1) is 0 Å². The second-order valence-corrected chi connectivity index (χ2v) is 9.39. The zero-order chi connectivity index (χ0) is 12.7. The molecule has 94 valence electrons. The molecule has 0 N–H and O–H groups in total. The van der Waals surface area contributed by atoms with Gasteiger partial charge in [-0.25, -0.2) is 0 Å². The average molecular weight is 250 g/mol. The minimum Gasteiger partial charge on any atom is -0.520 e. The van der Waals surface area contributed by atoms with E-state index in [1.165, 1.54) is 5.56 Å². The lowest BCUT2D eigenvalue weighted by Gasteiger charge is -2.20. The van der Waals surface area contributed by atoms with Crippen LogP contribution in [0.1, 0.15) is 12.0 Å². The molecule has 1 aromatic carbocycles. The normalized spacial score (nSPS) is 12.4. The zero-order valence-electron chi connectivity index (χ0n) is 11.2. The van der Waals surface area contributed by atoms with Gasteiger partial charge in [-0.2, -0.15) is 0 Å². The lowest BCUT2D eigenvalue weighted by molar-refractivity contribution is 0.145. The van der Waals surface area contributed by atoms with E-state index >= 15 is 0 Å². The highest BCUT2D eigenvalue weighted by Gasteiger charge is 2.17. The third-order valence-corrected chi connectivity index (χ3v) is 3.01. The Bertz CT molecular complexity index is 352. The van der Waals surface area contributed by atoms with Crippen LogP contribution >= 0.6 is 0 Å². The van der Waals surface area contributed by atoms with E-state index in [4.69, 9.17) is 9.16 Å². The molecular formula is C14H22O2Si. The molecule has 17 heavy (non-hydrogen) atoms. The number of methoxy groups -OCH3 is 1. The topological polar surface area (TPSA) is 18.5 Å². The molecule has 1 aromatic rings. The minimum atomic E-state index is -1.56. The molecule has 0 spiro atoms. The van der Waals surface area contributed by atoms with Crippen molar-refractivity contribution in [3.63, 3.8) is 0 Å². The molecule has 0 aliphatic rings. The van der Waals surface area contributed by atoms with Crippen molar-refractivity contribution in [3.05, 3.63) is 47.9 Å². The van der Waals surface area contributed by atoms with Gasteiger partial charge in [-0.1, -0.05) is 30.3 Å². The first-order chi connectivity index (χ1) is 8.01. The van der Waals surface area contributed by atoms with Gasteiger partial charge in [-0.05, 0) is 44.1 Å². The van der Waals surface area contributed by atoms with E-state index < -0.39 is 8.32 Å². The summed E-state index contributed by atoms with van der Waals surface area (Å²) in [4.78, 5) is 0. The predicted molar refractivity (Wildman–Crippen MR) is 74.3 cm³/mol. The van der Waals surface area contributed by atoms with Crippen molar-refractivity contribution in [2.45, 2.75) is 32.5 Å². The number of allylic oxidation sites excluding steroid dienone is 1. The fourth-order valence-electron chi connectivity index (χ4n) is 1.47. The van der Waals surface area contributed by atoms with Gasteiger partial charge in [0, 0.05) is 0 Å². The van der Waals surface area contributed by atoms with Gasteiger partial charge in [0.2, 0.25) is 8.32 Å². The van der Waals surface area contributed by atoms with Gasteiger partial charge in [0.05, 0.1) is 7.11 Å². The summed E-state index contributed by atoms with van der Waals surface area (Å²) in [5.74, 6) is 0.667. The lowest BCUT2D eigenvalue weighted by atomic mass is 10.1. The first-order valence-corrected chi connectivity index (χ1v) is 9.39. The molecule has 0 heterocycles. The Morgan fingerprint density at radius 3 is 2.35 bits per heavy atom. The van der Waals surface area contributed by atoms with Gasteiger partial charge in [-0.15, -0.1) is 0 Å². The van der Waals surface area contributed by atoms with Crippen LogP contribution < -0.4 is 0 Å². The van der Waals surface area contributed by atoms with E-state index in [2.05, 4.69) is 43.9 Å². The quantitative estimate of drug-likeness (QED) is 0.562. The monoisotopic (exact) mass is 250 g/mol. The van der Waals surface area contributed by atoms with Crippen LogP contribution in [-0.2, 0) is 15.6 Å². The van der Waals surface area contributed by atoms with Crippen LogP contribution in [0.15, 0.2) is 42.4 Å². The number of hydrogen-bond donors (Lipinski definition) is 0. The maximum Gasteiger partial charge on any atom is 0.260 e. The number of rotatable bonds is 6. The standard InChI is InChI=1S/C14H22O2Si/c1-15-14(16-17(2,3)4)12-8-11-13-9-6-5-7-10-13/h5-7,9-10,12H,8,11H2,1-4H3/b14-12-. The minimum absolute atomic E-state index is 0.667. The summed E-state index contributed by atoms with van der Waals surface area (Å²) in [6.07, 6.45) is 3.99. The van der Waals surface area contributed by atoms with Crippen molar-refractivity contribution in [1.29, 1.82) is 0 Å². The Morgan fingerprint density at radius 1 is 1.18 bits per heavy atom.